The van der Waals surface area contributed by atoms with Gasteiger partial charge in [-0.2, -0.15) is 0 Å². The fourth-order valence-corrected chi connectivity index (χ4v) is 3.37. The zero-order valence-electron chi connectivity index (χ0n) is 20.5. The normalized spacial score (nSPS) is 13.0. The van der Waals surface area contributed by atoms with Gasteiger partial charge in [0.15, 0.2) is 0 Å². The Morgan fingerprint density at radius 2 is 1.90 bits per heavy atom. The van der Waals surface area contributed by atoms with E-state index in [-0.39, 0.29) is 0 Å². The number of likely N-dealkylation sites (N-methyl/N-ethyl adjacent to an activating group) is 1. The van der Waals surface area contributed by atoms with E-state index < -0.39 is 0 Å². The van der Waals surface area contributed by atoms with Crippen molar-refractivity contribution in [1.82, 2.24) is 15.2 Å². The van der Waals surface area contributed by atoms with E-state index in [0.29, 0.717) is 6.04 Å². The van der Waals surface area contributed by atoms with E-state index in [9.17, 15) is 0 Å². The topological polar surface area (TPSA) is 52.2 Å². The summed E-state index contributed by atoms with van der Waals surface area (Å²) in [6.07, 6.45) is 10.3. The third-order valence-corrected chi connectivity index (χ3v) is 5.44. The minimum atomic E-state index is 0.375. The molecule has 1 heterocycles. The second-order valence-electron chi connectivity index (χ2n) is 7.87. The molecule has 1 rings (SSSR count). The van der Waals surface area contributed by atoms with Crippen molar-refractivity contribution in [2.45, 2.75) is 66.3 Å². The molecule has 1 atom stereocenters. The van der Waals surface area contributed by atoms with Crippen LogP contribution in [0.5, 0.6) is 0 Å². The van der Waals surface area contributed by atoms with Crippen LogP contribution in [0.15, 0.2) is 66.3 Å². The Hall–Kier alpha value is -2.53. The number of anilines is 2. The van der Waals surface area contributed by atoms with Crippen LogP contribution in [0.4, 0.5) is 11.5 Å². The summed E-state index contributed by atoms with van der Waals surface area (Å²) in [6, 6.07) is 4.38. The fourth-order valence-electron chi connectivity index (χ4n) is 3.37. The number of nitrogens with one attached hydrogen (secondary N) is 3. The number of pyridine rings is 1. The largest absolute Gasteiger partial charge is 0.384 e. The first kappa shape index (κ1) is 26.5. The van der Waals surface area contributed by atoms with Crippen molar-refractivity contribution in [2.24, 2.45) is 0 Å². The second-order valence-corrected chi connectivity index (χ2v) is 7.87. The Bertz CT molecular complexity index is 763. The van der Waals surface area contributed by atoms with Crippen molar-refractivity contribution < 1.29 is 0 Å². The van der Waals surface area contributed by atoms with Crippen molar-refractivity contribution in [3.63, 3.8) is 0 Å². The molecule has 172 valence electrons. The molecule has 0 aliphatic rings. The van der Waals surface area contributed by atoms with Crippen LogP contribution in [0, 0.1) is 0 Å². The molecule has 5 heteroatoms. The van der Waals surface area contributed by atoms with E-state index in [0.717, 1.165) is 61.7 Å². The van der Waals surface area contributed by atoms with Crippen LogP contribution in [0.3, 0.4) is 0 Å². The molecule has 0 aliphatic carbocycles. The van der Waals surface area contributed by atoms with Crippen LogP contribution in [0.1, 0.15) is 60.3 Å². The summed E-state index contributed by atoms with van der Waals surface area (Å²) in [4.78, 5) is 6.83. The average Bonchev–Trinajstić information content (AvgIpc) is 2.77. The van der Waals surface area contributed by atoms with Crippen LogP contribution >= 0.6 is 0 Å². The molecule has 0 spiro atoms. The fraction of sp³-hybridized carbons (Fsp3) is 0.500. The minimum absolute atomic E-state index is 0.375. The zero-order chi connectivity index (χ0) is 23.2. The predicted molar refractivity (Wildman–Crippen MR) is 137 cm³/mol. The van der Waals surface area contributed by atoms with Crippen molar-refractivity contribution in [3.05, 3.63) is 66.3 Å². The summed E-state index contributed by atoms with van der Waals surface area (Å²) in [6.45, 7) is 21.2. The van der Waals surface area contributed by atoms with E-state index in [2.05, 4.69) is 85.8 Å². The summed E-state index contributed by atoms with van der Waals surface area (Å²) in [5, 5.41) is 9.99. The van der Waals surface area contributed by atoms with Crippen LogP contribution in [0.2, 0.25) is 0 Å². The number of rotatable bonds is 15. The van der Waals surface area contributed by atoms with Crippen LogP contribution in [-0.4, -0.2) is 36.1 Å². The maximum Gasteiger partial charge on any atom is 0.133 e. The van der Waals surface area contributed by atoms with Gasteiger partial charge in [-0.05, 0) is 51.8 Å². The third kappa shape index (κ3) is 9.01. The molecular formula is C26H43N5. The quantitative estimate of drug-likeness (QED) is 0.228. The average molecular weight is 426 g/mol. The number of allylic oxidation sites excluding steroid dienone is 5. The van der Waals surface area contributed by atoms with Crippen LogP contribution < -0.4 is 16.0 Å². The zero-order valence-corrected chi connectivity index (χ0v) is 20.5. The lowest BCUT2D eigenvalue weighted by atomic mass is 10.0. The molecule has 0 fully saturated rings. The van der Waals surface area contributed by atoms with E-state index >= 15 is 0 Å². The highest BCUT2D eigenvalue weighted by Crippen LogP contribution is 2.26. The highest BCUT2D eigenvalue weighted by molar-refractivity contribution is 5.54. The summed E-state index contributed by atoms with van der Waals surface area (Å²) in [7, 11) is 1.95. The Morgan fingerprint density at radius 1 is 1.16 bits per heavy atom. The summed E-state index contributed by atoms with van der Waals surface area (Å²) >= 11 is 0. The van der Waals surface area contributed by atoms with Gasteiger partial charge < -0.3 is 20.9 Å². The third-order valence-electron chi connectivity index (χ3n) is 5.44. The first-order valence-electron chi connectivity index (χ1n) is 11.5. The van der Waals surface area contributed by atoms with Crippen molar-refractivity contribution in [2.75, 3.05) is 30.8 Å². The molecule has 0 amide bonds. The van der Waals surface area contributed by atoms with E-state index in [1.54, 1.807) is 0 Å². The molecule has 31 heavy (non-hydrogen) atoms. The van der Waals surface area contributed by atoms with Crippen LogP contribution in [0.25, 0.3) is 0 Å². The van der Waals surface area contributed by atoms with E-state index in [1.807, 2.05) is 25.4 Å². The molecule has 0 radical (unpaired) electrons. The van der Waals surface area contributed by atoms with Gasteiger partial charge in [-0.1, -0.05) is 58.1 Å². The van der Waals surface area contributed by atoms with Crippen molar-refractivity contribution in [1.29, 1.82) is 0 Å². The first-order chi connectivity index (χ1) is 14.9. The summed E-state index contributed by atoms with van der Waals surface area (Å²) in [5.41, 5.74) is 4.57. The molecule has 1 unspecified atom stereocenters. The number of hydrogen-bond acceptors (Lipinski definition) is 5. The van der Waals surface area contributed by atoms with Gasteiger partial charge in [0.2, 0.25) is 0 Å². The molecule has 0 bridgehead atoms. The molecule has 1 aromatic rings. The molecular weight excluding hydrogens is 382 g/mol. The Labute approximate surface area is 190 Å². The second kappa shape index (κ2) is 14.5. The lowest BCUT2D eigenvalue weighted by Crippen LogP contribution is -2.35. The highest BCUT2D eigenvalue weighted by atomic mass is 15.3. The van der Waals surface area contributed by atoms with Gasteiger partial charge in [-0.3, -0.25) is 0 Å². The molecule has 3 N–H and O–H groups in total. The maximum atomic E-state index is 4.50. The van der Waals surface area contributed by atoms with Crippen LogP contribution in [-0.2, 0) is 0 Å². The lowest BCUT2D eigenvalue weighted by Gasteiger charge is -2.36. The van der Waals surface area contributed by atoms with Crippen molar-refractivity contribution >= 4 is 11.5 Å². The van der Waals surface area contributed by atoms with Gasteiger partial charge in [0.25, 0.3) is 0 Å². The van der Waals surface area contributed by atoms with Gasteiger partial charge in [-0.15, -0.1) is 0 Å². The Kier molecular flexibility index (Phi) is 12.4. The van der Waals surface area contributed by atoms with Crippen molar-refractivity contribution in [3.8, 4) is 0 Å². The van der Waals surface area contributed by atoms with Gasteiger partial charge in [0.05, 0.1) is 0 Å². The summed E-state index contributed by atoms with van der Waals surface area (Å²) in [5.74, 6) is 1.64. The number of hydrogen-bond donors (Lipinski definition) is 3. The monoisotopic (exact) mass is 425 g/mol. The number of nitrogens with zero attached hydrogens (tertiary/aromatic N) is 2. The van der Waals surface area contributed by atoms with Gasteiger partial charge in [-0.25, -0.2) is 4.98 Å². The molecule has 0 aromatic carbocycles. The predicted octanol–water partition coefficient (Wildman–Crippen LogP) is 6.29. The minimum Gasteiger partial charge on any atom is -0.384 e. The molecule has 1 aromatic heterocycles. The molecule has 0 saturated heterocycles. The summed E-state index contributed by atoms with van der Waals surface area (Å²) < 4.78 is 0. The first-order valence-corrected chi connectivity index (χ1v) is 11.5. The number of aromatic nitrogens is 1. The Balaban J connectivity index is 3.13. The van der Waals surface area contributed by atoms with E-state index in [4.69, 9.17) is 0 Å². The Morgan fingerprint density at radius 3 is 2.52 bits per heavy atom. The van der Waals surface area contributed by atoms with Gasteiger partial charge >= 0.3 is 0 Å². The van der Waals surface area contributed by atoms with Gasteiger partial charge in [0, 0.05) is 42.8 Å². The molecule has 0 aliphatic heterocycles. The lowest BCUT2D eigenvalue weighted by molar-refractivity contribution is 0.288. The smallest absolute Gasteiger partial charge is 0.133 e. The van der Waals surface area contributed by atoms with E-state index in [1.165, 1.54) is 11.3 Å². The molecule has 5 nitrogen and oxygen atoms in total. The van der Waals surface area contributed by atoms with Gasteiger partial charge in [0.1, 0.15) is 11.6 Å². The molecule has 0 saturated carbocycles. The highest BCUT2D eigenvalue weighted by Gasteiger charge is 2.21. The maximum absolute atomic E-state index is 4.50. The standard InChI is InChI=1S/C26H43N5/c1-9-12-25(11-3)31(22(6)21(5)14-13-20(4)10-2)23(7)30-26-19-24(15-16-29-26)28-18-17-27-8/h13-16,19,25,27H,4,7,9-12,17-18H2,1-3,5-6,8H3,(H2,28,29,30)/b14-13-,22-21+. The SMILES string of the molecule is C=C(/C=C\C(C)=C(/C)N(C(=C)Nc1cc(NCCNC)ccn1)C(CC)CCC)CC.